The van der Waals surface area contributed by atoms with Gasteiger partial charge in [-0.2, -0.15) is 0 Å². The van der Waals surface area contributed by atoms with Crippen LogP contribution in [0.1, 0.15) is 6.42 Å². The van der Waals surface area contributed by atoms with Crippen molar-refractivity contribution in [2.24, 2.45) is 4.99 Å². The van der Waals surface area contributed by atoms with E-state index in [0.717, 1.165) is 17.8 Å². The summed E-state index contributed by atoms with van der Waals surface area (Å²) in [6, 6.07) is 8.27. The lowest BCUT2D eigenvalue weighted by atomic mass is 10.1. The molecule has 2 heteroatoms. The normalized spacial score (nSPS) is 16.8. The minimum atomic E-state index is 0.923. The maximum Gasteiger partial charge on any atom is 0.0634 e. The Morgan fingerprint density at radius 1 is 1.06 bits per heavy atom. The van der Waals surface area contributed by atoms with E-state index in [0.29, 0.717) is 0 Å². The molecule has 1 aliphatic rings. The van der Waals surface area contributed by atoms with Gasteiger partial charge in [-0.05, 0) is 30.3 Å². The lowest BCUT2D eigenvalue weighted by Gasteiger charge is -2.11. The van der Waals surface area contributed by atoms with Crippen molar-refractivity contribution in [3.05, 3.63) is 48.6 Å². The summed E-state index contributed by atoms with van der Waals surface area (Å²) in [7, 11) is 4.07. The van der Waals surface area contributed by atoms with Crippen molar-refractivity contribution in [3.8, 4) is 0 Å². The van der Waals surface area contributed by atoms with Crippen LogP contribution >= 0.6 is 0 Å². The summed E-state index contributed by atoms with van der Waals surface area (Å²) in [5.74, 6) is 0. The van der Waals surface area contributed by atoms with E-state index in [-0.39, 0.29) is 0 Å². The van der Waals surface area contributed by atoms with Crippen molar-refractivity contribution in [3.63, 3.8) is 0 Å². The molecule has 0 atom stereocenters. The molecule has 0 saturated carbocycles. The maximum atomic E-state index is 4.58. The second-order valence-corrected chi connectivity index (χ2v) is 4.01. The third-order valence-electron chi connectivity index (χ3n) is 2.50. The Bertz CT molecular complexity index is 436. The molecule has 0 radical (unpaired) electrons. The van der Waals surface area contributed by atoms with Gasteiger partial charge >= 0.3 is 0 Å². The van der Waals surface area contributed by atoms with Crippen molar-refractivity contribution in [1.29, 1.82) is 0 Å². The first-order valence-corrected chi connectivity index (χ1v) is 5.44. The van der Waals surface area contributed by atoms with Gasteiger partial charge in [0, 0.05) is 31.9 Å². The van der Waals surface area contributed by atoms with Crippen molar-refractivity contribution in [2.45, 2.75) is 6.42 Å². The second-order valence-electron chi connectivity index (χ2n) is 4.01. The highest BCUT2D eigenvalue weighted by Gasteiger charge is 1.98. The molecule has 0 unspecified atom stereocenters. The Balaban J connectivity index is 2.16. The molecular weight excluding hydrogens is 196 g/mol. The van der Waals surface area contributed by atoms with E-state index < -0.39 is 0 Å². The highest BCUT2D eigenvalue weighted by atomic mass is 15.1. The van der Waals surface area contributed by atoms with Crippen LogP contribution in [0.3, 0.4) is 0 Å². The summed E-state index contributed by atoms with van der Waals surface area (Å²) >= 11 is 0. The quantitative estimate of drug-likeness (QED) is 0.734. The molecule has 1 aromatic carbocycles. The third-order valence-corrected chi connectivity index (χ3v) is 2.50. The monoisotopic (exact) mass is 212 g/mol. The van der Waals surface area contributed by atoms with E-state index >= 15 is 0 Å². The highest BCUT2D eigenvalue weighted by molar-refractivity contribution is 5.98. The predicted molar refractivity (Wildman–Crippen MR) is 70.8 cm³/mol. The largest absolute Gasteiger partial charge is 0.378 e. The molecule has 2 rings (SSSR count). The highest BCUT2D eigenvalue weighted by Crippen LogP contribution is 2.19. The van der Waals surface area contributed by atoms with E-state index in [2.05, 4.69) is 46.3 Å². The summed E-state index contributed by atoms with van der Waals surface area (Å²) in [6.45, 7) is 0. The number of hydrogen-bond donors (Lipinski definition) is 0. The molecular formula is C14H16N2. The van der Waals surface area contributed by atoms with Crippen molar-refractivity contribution >= 4 is 17.1 Å². The first kappa shape index (κ1) is 10.7. The molecule has 0 heterocycles. The molecule has 0 N–H and O–H groups in total. The van der Waals surface area contributed by atoms with Crippen LogP contribution < -0.4 is 4.90 Å². The van der Waals surface area contributed by atoms with Gasteiger partial charge in [0.1, 0.15) is 0 Å². The summed E-state index contributed by atoms with van der Waals surface area (Å²) in [5.41, 5.74) is 3.32. The number of aliphatic imine (C=N–C) groups is 1. The number of hydrogen-bond acceptors (Lipinski definition) is 2. The van der Waals surface area contributed by atoms with Crippen LogP contribution in [-0.2, 0) is 0 Å². The Morgan fingerprint density at radius 3 is 2.38 bits per heavy atom. The number of nitrogens with zero attached hydrogens (tertiary/aromatic N) is 2. The van der Waals surface area contributed by atoms with E-state index in [9.17, 15) is 0 Å². The molecule has 1 aliphatic carbocycles. The fourth-order valence-corrected chi connectivity index (χ4v) is 1.58. The van der Waals surface area contributed by atoms with E-state index in [1.165, 1.54) is 5.69 Å². The van der Waals surface area contributed by atoms with Gasteiger partial charge in [0.05, 0.1) is 5.69 Å². The van der Waals surface area contributed by atoms with Gasteiger partial charge in [0.25, 0.3) is 0 Å². The van der Waals surface area contributed by atoms with Gasteiger partial charge < -0.3 is 4.90 Å². The first-order chi connectivity index (χ1) is 7.75. The van der Waals surface area contributed by atoms with Crippen molar-refractivity contribution in [2.75, 3.05) is 19.0 Å². The molecule has 82 valence electrons. The van der Waals surface area contributed by atoms with Gasteiger partial charge in [-0.3, -0.25) is 4.99 Å². The number of allylic oxidation sites excluding steroid dienone is 4. The molecule has 0 aliphatic heterocycles. The molecule has 0 saturated heterocycles. The van der Waals surface area contributed by atoms with Crippen LogP contribution in [-0.4, -0.2) is 19.8 Å². The van der Waals surface area contributed by atoms with Crippen LogP contribution in [0, 0.1) is 0 Å². The molecule has 0 bridgehead atoms. The molecule has 1 aromatic rings. The predicted octanol–water partition coefficient (Wildman–Crippen LogP) is 3.34. The lowest BCUT2D eigenvalue weighted by Crippen LogP contribution is -2.07. The lowest BCUT2D eigenvalue weighted by molar-refractivity contribution is 1.13. The molecule has 0 amide bonds. The first-order valence-electron chi connectivity index (χ1n) is 5.44. The van der Waals surface area contributed by atoms with Crippen LogP contribution in [0.15, 0.2) is 53.6 Å². The van der Waals surface area contributed by atoms with Gasteiger partial charge in [-0.15, -0.1) is 0 Å². The zero-order valence-electron chi connectivity index (χ0n) is 9.72. The number of anilines is 1. The van der Waals surface area contributed by atoms with Crippen LogP contribution in [0.5, 0.6) is 0 Å². The van der Waals surface area contributed by atoms with Gasteiger partial charge in [-0.1, -0.05) is 18.2 Å². The van der Waals surface area contributed by atoms with E-state index in [4.69, 9.17) is 0 Å². The molecule has 16 heavy (non-hydrogen) atoms. The summed E-state index contributed by atoms with van der Waals surface area (Å²) < 4.78 is 0. The van der Waals surface area contributed by atoms with Crippen LogP contribution in [0.4, 0.5) is 11.4 Å². The standard InChI is InChI=1S/C14H16N2/c1-16(2)14-10-8-13(9-11-14)15-12-6-4-3-5-7-12/h3-6,8-11H,7H2,1-2H3. The zero-order valence-corrected chi connectivity index (χ0v) is 9.72. The summed E-state index contributed by atoms with van der Waals surface area (Å²) in [6.07, 6.45) is 9.17. The topological polar surface area (TPSA) is 15.6 Å². The van der Waals surface area contributed by atoms with E-state index in [1.807, 2.05) is 26.2 Å². The zero-order chi connectivity index (χ0) is 11.4. The minimum absolute atomic E-state index is 0.923. The molecule has 2 nitrogen and oxygen atoms in total. The SMILES string of the molecule is CN(C)c1ccc(N=C2C=CC=CC2)cc1. The Labute approximate surface area is 96.6 Å². The van der Waals surface area contributed by atoms with Gasteiger partial charge in [-0.25, -0.2) is 0 Å². The maximum absolute atomic E-state index is 4.58. The van der Waals surface area contributed by atoms with Crippen molar-refractivity contribution < 1.29 is 0 Å². The van der Waals surface area contributed by atoms with Crippen LogP contribution in [0.25, 0.3) is 0 Å². The molecule has 0 fully saturated rings. The van der Waals surface area contributed by atoms with E-state index in [1.54, 1.807) is 0 Å². The van der Waals surface area contributed by atoms with Gasteiger partial charge in [0.15, 0.2) is 0 Å². The fraction of sp³-hybridized carbons (Fsp3) is 0.214. The fourth-order valence-electron chi connectivity index (χ4n) is 1.58. The molecule has 0 aromatic heterocycles. The number of rotatable bonds is 2. The Kier molecular flexibility index (Phi) is 3.20. The molecule has 0 spiro atoms. The van der Waals surface area contributed by atoms with Crippen molar-refractivity contribution in [1.82, 2.24) is 0 Å². The van der Waals surface area contributed by atoms with Gasteiger partial charge in [0.2, 0.25) is 0 Å². The summed E-state index contributed by atoms with van der Waals surface area (Å²) in [5, 5.41) is 0. The smallest absolute Gasteiger partial charge is 0.0634 e. The minimum Gasteiger partial charge on any atom is -0.378 e. The number of benzene rings is 1. The average Bonchev–Trinajstić information content (AvgIpc) is 2.31. The average molecular weight is 212 g/mol. The Morgan fingerprint density at radius 2 is 1.81 bits per heavy atom. The third kappa shape index (κ3) is 2.60. The summed E-state index contributed by atoms with van der Waals surface area (Å²) in [4.78, 5) is 6.66. The second kappa shape index (κ2) is 4.79. The Hall–Kier alpha value is -1.83. The van der Waals surface area contributed by atoms with Crippen LogP contribution in [0.2, 0.25) is 0 Å².